The first-order valence-electron chi connectivity index (χ1n) is 9.90. The van der Waals surface area contributed by atoms with Crippen molar-refractivity contribution in [2.75, 3.05) is 31.2 Å². The maximum Gasteiger partial charge on any atom is 0.272 e. The van der Waals surface area contributed by atoms with Gasteiger partial charge >= 0.3 is 0 Å². The third-order valence-electron chi connectivity index (χ3n) is 5.87. The molecule has 1 aliphatic carbocycles. The van der Waals surface area contributed by atoms with Crippen molar-refractivity contribution in [1.29, 1.82) is 0 Å². The second-order valence-corrected chi connectivity index (χ2v) is 7.74. The van der Waals surface area contributed by atoms with E-state index in [2.05, 4.69) is 20.3 Å². The first-order chi connectivity index (χ1) is 13.9. The number of rotatable bonds is 4. The zero-order valence-corrected chi connectivity index (χ0v) is 16.7. The van der Waals surface area contributed by atoms with Gasteiger partial charge in [0.2, 0.25) is 0 Å². The van der Waals surface area contributed by atoms with Crippen molar-refractivity contribution >= 4 is 11.7 Å². The smallest absolute Gasteiger partial charge is 0.272 e. The number of hydrogen-bond donors (Lipinski definition) is 3. The maximum atomic E-state index is 12.6. The summed E-state index contributed by atoms with van der Waals surface area (Å²) >= 11 is 0. The molecule has 2 aliphatic rings. The monoisotopic (exact) mass is 401 g/mol. The Morgan fingerprint density at radius 1 is 1.28 bits per heavy atom. The lowest BCUT2D eigenvalue weighted by Gasteiger charge is -2.28. The van der Waals surface area contributed by atoms with Gasteiger partial charge in [-0.25, -0.2) is 4.98 Å². The largest absolute Gasteiger partial charge is 0.390 e. The number of anilines is 1. The second kappa shape index (κ2) is 8.10. The number of aliphatic hydroxyl groups is 2. The van der Waals surface area contributed by atoms with Gasteiger partial charge in [-0.3, -0.25) is 9.48 Å². The molecular formula is C20H27N5O4. The van der Waals surface area contributed by atoms with E-state index in [1.165, 1.54) is 0 Å². The summed E-state index contributed by atoms with van der Waals surface area (Å²) in [6.07, 6.45) is 0.165. The number of pyridine rings is 1. The Morgan fingerprint density at radius 2 is 2.03 bits per heavy atom. The number of ether oxygens (including phenoxy) is 1. The van der Waals surface area contributed by atoms with Crippen LogP contribution in [0.25, 0.3) is 0 Å². The van der Waals surface area contributed by atoms with Crippen LogP contribution in [0.3, 0.4) is 0 Å². The molecule has 2 aromatic heterocycles. The van der Waals surface area contributed by atoms with Crippen molar-refractivity contribution in [3.8, 4) is 0 Å². The van der Waals surface area contributed by atoms with Crippen molar-refractivity contribution < 1.29 is 19.7 Å². The highest BCUT2D eigenvalue weighted by atomic mass is 16.5. The number of hydrogen-bond acceptors (Lipinski definition) is 7. The number of nitrogens with zero attached hydrogens (tertiary/aromatic N) is 4. The average molecular weight is 401 g/mol. The molecule has 1 saturated carbocycles. The first kappa shape index (κ1) is 19.8. The van der Waals surface area contributed by atoms with E-state index < -0.39 is 18.2 Å². The Bertz CT molecular complexity index is 843. The van der Waals surface area contributed by atoms with Gasteiger partial charge in [0.1, 0.15) is 17.6 Å². The molecule has 9 nitrogen and oxygen atoms in total. The summed E-state index contributed by atoms with van der Waals surface area (Å²) in [5, 5.41) is 27.7. The number of aromatic nitrogens is 3. The van der Waals surface area contributed by atoms with Gasteiger partial charge in [0.25, 0.3) is 5.91 Å². The van der Waals surface area contributed by atoms with Crippen LogP contribution in [0.1, 0.15) is 34.1 Å². The molecule has 2 fully saturated rings. The van der Waals surface area contributed by atoms with Gasteiger partial charge in [-0.2, -0.15) is 5.10 Å². The van der Waals surface area contributed by atoms with Crippen molar-refractivity contribution in [3.05, 3.63) is 41.3 Å². The van der Waals surface area contributed by atoms with Gasteiger partial charge in [0.05, 0.1) is 25.4 Å². The molecule has 0 bridgehead atoms. The van der Waals surface area contributed by atoms with E-state index in [0.29, 0.717) is 19.6 Å². The molecule has 2 aromatic rings. The summed E-state index contributed by atoms with van der Waals surface area (Å²) < 4.78 is 7.00. The zero-order chi connectivity index (χ0) is 20.5. The van der Waals surface area contributed by atoms with E-state index >= 15 is 0 Å². The van der Waals surface area contributed by atoms with Crippen LogP contribution in [0.5, 0.6) is 0 Å². The Hall–Kier alpha value is -2.49. The van der Waals surface area contributed by atoms with Gasteiger partial charge in [0.15, 0.2) is 0 Å². The van der Waals surface area contributed by atoms with Crippen molar-refractivity contribution in [2.45, 2.75) is 37.5 Å². The van der Waals surface area contributed by atoms with Crippen molar-refractivity contribution in [1.82, 2.24) is 20.1 Å². The lowest BCUT2D eigenvalue weighted by molar-refractivity contribution is 0.0294. The highest BCUT2D eigenvalue weighted by Crippen LogP contribution is 2.35. The Balaban J connectivity index is 1.51. The Kier molecular flexibility index (Phi) is 5.53. The van der Waals surface area contributed by atoms with Crippen molar-refractivity contribution in [3.63, 3.8) is 0 Å². The predicted molar refractivity (Wildman–Crippen MR) is 106 cm³/mol. The normalized spacial score (nSPS) is 27.2. The average Bonchev–Trinajstić information content (AvgIpc) is 3.22. The molecule has 1 aliphatic heterocycles. The number of carbonyl (C=O) groups excluding carboxylic acids is 1. The molecule has 3 heterocycles. The molecule has 0 aromatic carbocycles. The zero-order valence-electron chi connectivity index (χ0n) is 16.7. The van der Waals surface area contributed by atoms with Crippen LogP contribution in [-0.4, -0.2) is 75.4 Å². The summed E-state index contributed by atoms with van der Waals surface area (Å²) in [5.41, 5.74) is 2.03. The highest BCUT2D eigenvalue weighted by Gasteiger charge is 2.43. The minimum absolute atomic E-state index is 0.236. The topological polar surface area (TPSA) is 113 Å². The molecule has 1 amide bonds. The molecule has 0 radical (unpaired) electrons. The lowest BCUT2D eigenvalue weighted by atomic mass is 9.94. The third kappa shape index (κ3) is 3.98. The van der Waals surface area contributed by atoms with Gasteiger partial charge in [-0.15, -0.1) is 0 Å². The van der Waals surface area contributed by atoms with Crippen LogP contribution in [0.4, 0.5) is 5.82 Å². The minimum atomic E-state index is -1.05. The fraction of sp³-hybridized carbons (Fsp3) is 0.550. The van der Waals surface area contributed by atoms with E-state index in [-0.39, 0.29) is 17.5 Å². The third-order valence-corrected chi connectivity index (χ3v) is 5.87. The summed E-state index contributed by atoms with van der Waals surface area (Å²) in [7, 11) is 1.77. The van der Waals surface area contributed by atoms with Crippen LogP contribution >= 0.6 is 0 Å². The van der Waals surface area contributed by atoms with Crippen molar-refractivity contribution in [2.24, 2.45) is 7.05 Å². The number of nitrogens with one attached hydrogen (secondary N) is 1. The summed E-state index contributed by atoms with van der Waals surface area (Å²) in [6, 6.07) is 4.98. The molecule has 4 unspecified atom stereocenters. The number of aliphatic hydroxyl groups excluding tert-OH is 2. The fourth-order valence-electron chi connectivity index (χ4n) is 4.05. The van der Waals surface area contributed by atoms with Gasteiger partial charge < -0.3 is 25.2 Å². The highest BCUT2D eigenvalue weighted by molar-refractivity contribution is 5.92. The molecule has 4 rings (SSSR count). The number of carbonyl (C=O) groups is 1. The van der Waals surface area contributed by atoms with Gasteiger partial charge in [-0.1, -0.05) is 6.07 Å². The fourth-order valence-corrected chi connectivity index (χ4v) is 4.05. The maximum absolute atomic E-state index is 12.6. The summed E-state index contributed by atoms with van der Waals surface area (Å²) in [4.78, 5) is 19.4. The second-order valence-electron chi connectivity index (χ2n) is 7.74. The van der Waals surface area contributed by atoms with Gasteiger partial charge in [-0.05, 0) is 31.0 Å². The van der Waals surface area contributed by atoms with E-state index in [0.717, 1.165) is 30.2 Å². The van der Waals surface area contributed by atoms with E-state index in [1.54, 1.807) is 24.0 Å². The lowest BCUT2D eigenvalue weighted by Crippen LogP contribution is -2.45. The molecule has 9 heteroatoms. The van der Waals surface area contributed by atoms with E-state index in [9.17, 15) is 15.0 Å². The molecular weight excluding hydrogens is 374 g/mol. The van der Waals surface area contributed by atoms with Crippen LogP contribution in [-0.2, 0) is 11.8 Å². The minimum Gasteiger partial charge on any atom is -0.390 e. The van der Waals surface area contributed by atoms with E-state index in [4.69, 9.17) is 4.74 Å². The molecule has 0 spiro atoms. The van der Waals surface area contributed by atoms with Crippen LogP contribution in [0, 0.1) is 6.92 Å². The number of aryl methyl sites for hydroxylation is 2. The standard InChI is InChI=1S/C20H27N5O4/c1-12-9-15(23-24(12)2)20(28)22-18-14(10-16(26)19(18)27)13-3-4-17(21-11-13)25-5-7-29-8-6-25/h3-4,9,11,14,16,18-19,26-27H,5-8,10H2,1-2H3,(H,22,28). The van der Waals surface area contributed by atoms with Crippen LogP contribution in [0.15, 0.2) is 24.4 Å². The summed E-state index contributed by atoms with van der Waals surface area (Å²) in [6.45, 7) is 4.84. The Labute approximate surface area is 169 Å². The van der Waals surface area contributed by atoms with E-state index in [1.807, 2.05) is 19.1 Å². The quantitative estimate of drug-likeness (QED) is 0.659. The molecule has 29 heavy (non-hydrogen) atoms. The Morgan fingerprint density at radius 3 is 2.66 bits per heavy atom. The van der Waals surface area contributed by atoms with Crippen LogP contribution in [0.2, 0.25) is 0 Å². The predicted octanol–water partition coefficient (Wildman–Crippen LogP) is -0.0322. The van der Waals surface area contributed by atoms with Gasteiger partial charge in [0, 0.05) is 37.9 Å². The molecule has 4 atom stereocenters. The first-order valence-corrected chi connectivity index (χ1v) is 9.90. The molecule has 1 saturated heterocycles. The SMILES string of the molecule is Cc1cc(C(=O)NC2C(c3ccc(N4CCOCC4)nc3)CC(O)C2O)nn1C. The van der Waals surface area contributed by atoms with Crippen LogP contribution < -0.4 is 10.2 Å². The number of amides is 1. The molecule has 3 N–H and O–H groups in total. The number of morpholine rings is 1. The summed E-state index contributed by atoms with van der Waals surface area (Å²) in [5.74, 6) is 0.274. The molecule has 156 valence electrons.